The Hall–Kier alpha value is -4.11. The Morgan fingerprint density at radius 1 is 0.558 bits per heavy atom. The van der Waals surface area contributed by atoms with Crippen molar-refractivity contribution >= 4 is 87.9 Å². The summed E-state index contributed by atoms with van der Waals surface area (Å²) in [7, 11) is -1.35. The zero-order valence-electron chi connectivity index (χ0n) is 22.3. The summed E-state index contributed by atoms with van der Waals surface area (Å²) in [6, 6.07) is 40.6. The summed E-state index contributed by atoms with van der Waals surface area (Å²) in [6.07, 6.45) is 3.60. The normalized spacial score (nSPS) is 10.5. The van der Waals surface area contributed by atoms with E-state index in [1.807, 2.05) is 60.8 Å². The first-order chi connectivity index (χ1) is 20.6. The van der Waals surface area contributed by atoms with Gasteiger partial charge in [0.2, 0.25) is 0 Å². The van der Waals surface area contributed by atoms with Crippen LogP contribution in [0.1, 0.15) is 7.43 Å². The lowest BCUT2D eigenvalue weighted by atomic mass is 9.89. The van der Waals surface area contributed by atoms with Crippen LogP contribution in [0.2, 0.25) is 5.15 Å². The molecule has 0 saturated carbocycles. The van der Waals surface area contributed by atoms with Crippen LogP contribution in [-0.4, -0.2) is 27.1 Å². The third-order valence-electron chi connectivity index (χ3n) is 6.66. The fourth-order valence-corrected chi connectivity index (χ4v) is 6.87. The minimum absolute atomic E-state index is 0. The molecule has 4 heterocycles. The van der Waals surface area contributed by atoms with Crippen molar-refractivity contribution in [2.45, 2.75) is 7.43 Å². The Kier molecular flexibility index (Phi) is 9.82. The van der Waals surface area contributed by atoms with E-state index in [9.17, 15) is 0 Å². The van der Waals surface area contributed by atoms with Crippen molar-refractivity contribution in [1.29, 1.82) is 0 Å². The SMILES string of the molecule is C.Clc1nccc2ccccc12.OB(O)c1cc2ccccc2s1.c1ccc2sc(-c3nccc4ccccc34)cc2c1. The molecule has 0 fully saturated rings. The zero-order valence-corrected chi connectivity index (χ0v) is 24.7. The maximum Gasteiger partial charge on any atom is 0.499 e. The van der Waals surface area contributed by atoms with Gasteiger partial charge in [-0.25, -0.2) is 4.98 Å². The van der Waals surface area contributed by atoms with Crippen LogP contribution in [0.3, 0.4) is 0 Å². The van der Waals surface area contributed by atoms with E-state index in [1.165, 1.54) is 37.1 Å². The van der Waals surface area contributed by atoms with Crippen LogP contribution < -0.4 is 4.78 Å². The highest BCUT2D eigenvalue weighted by molar-refractivity contribution is 7.27. The fraction of sp³-hybridized carbons (Fsp3) is 0.0286. The summed E-state index contributed by atoms with van der Waals surface area (Å²) in [4.78, 5) is 9.79. The van der Waals surface area contributed by atoms with Crippen molar-refractivity contribution in [2.75, 3.05) is 0 Å². The zero-order chi connectivity index (χ0) is 28.9. The second kappa shape index (κ2) is 13.9. The molecule has 0 radical (unpaired) electrons. The van der Waals surface area contributed by atoms with Crippen molar-refractivity contribution in [3.63, 3.8) is 0 Å². The summed E-state index contributed by atoms with van der Waals surface area (Å²) >= 11 is 9.05. The molecule has 212 valence electrons. The van der Waals surface area contributed by atoms with Gasteiger partial charge in [-0.05, 0) is 57.9 Å². The molecular formula is C35H28BClN2O2S2. The topological polar surface area (TPSA) is 66.2 Å². The Labute approximate surface area is 263 Å². The second-order valence-corrected chi connectivity index (χ2v) is 12.0. The molecule has 2 N–H and O–H groups in total. The molecule has 0 aliphatic heterocycles. The average molecular weight is 619 g/mol. The van der Waals surface area contributed by atoms with Gasteiger partial charge in [-0.2, -0.15) is 0 Å². The highest BCUT2D eigenvalue weighted by atomic mass is 35.5. The van der Waals surface area contributed by atoms with E-state index >= 15 is 0 Å². The van der Waals surface area contributed by atoms with Gasteiger partial charge in [0.25, 0.3) is 0 Å². The third kappa shape index (κ3) is 6.94. The van der Waals surface area contributed by atoms with Crippen LogP contribution in [0.25, 0.3) is 52.3 Å². The van der Waals surface area contributed by atoms with E-state index in [0.29, 0.717) is 9.93 Å². The molecule has 0 unspecified atom stereocenters. The van der Waals surface area contributed by atoms with Crippen molar-refractivity contribution < 1.29 is 10.0 Å². The minimum Gasteiger partial charge on any atom is -0.423 e. The molecule has 0 bridgehead atoms. The maximum atomic E-state index is 8.89. The van der Waals surface area contributed by atoms with E-state index < -0.39 is 7.12 Å². The molecule has 0 aliphatic rings. The van der Waals surface area contributed by atoms with E-state index in [2.05, 4.69) is 70.6 Å². The summed E-state index contributed by atoms with van der Waals surface area (Å²) in [6.45, 7) is 0. The number of pyridine rings is 2. The molecule has 8 aromatic rings. The minimum atomic E-state index is -1.35. The highest BCUT2D eigenvalue weighted by Gasteiger charge is 2.13. The molecule has 0 saturated heterocycles. The predicted molar refractivity (Wildman–Crippen MR) is 188 cm³/mol. The lowest BCUT2D eigenvalue weighted by Gasteiger charge is -2.02. The molecule has 0 atom stereocenters. The molecule has 43 heavy (non-hydrogen) atoms. The summed E-state index contributed by atoms with van der Waals surface area (Å²) in [5.41, 5.74) is 1.08. The molecular weight excluding hydrogens is 591 g/mol. The van der Waals surface area contributed by atoms with Crippen LogP contribution in [0.5, 0.6) is 0 Å². The largest absolute Gasteiger partial charge is 0.499 e. The number of thiophene rings is 2. The number of nitrogens with zero attached hydrogens (tertiary/aromatic N) is 2. The predicted octanol–water partition coefficient (Wildman–Crippen LogP) is 9.22. The lowest BCUT2D eigenvalue weighted by molar-refractivity contribution is 0.427. The van der Waals surface area contributed by atoms with Crippen molar-refractivity contribution in [2.24, 2.45) is 0 Å². The number of aromatic nitrogens is 2. The number of benzene rings is 4. The Bertz CT molecular complexity index is 2050. The van der Waals surface area contributed by atoms with Gasteiger partial charge in [-0.1, -0.05) is 104 Å². The van der Waals surface area contributed by atoms with Crippen LogP contribution in [-0.2, 0) is 0 Å². The van der Waals surface area contributed by atoms with Gasteiger partial charge >= 0.3 is 7.12 Å². The van der Waals surface area contributed by atoms with E-state index in [-0.39, 0.29) is 7.43 Å². The van der Waals surface area contributed by atoms with Crippen molar-refractivity contribution in [3.8, 4) is 10.6 Å². The molecule has 0 spiro atoms. The third-order valence-corrected chi connectivity index (χ3v) is 9.24. The first-order valence-corrected chi connectivity index (χ1v) is 15.2. The van der Waals surface area contributed by atoms with Crippen molar-refractivity contribution in [1.82, 2.24) is 9.97 Å². The maximum absolute atomic E-state index is 8.89. The Morgan fingerprint density at radius 2 is 1.07 bits per heavy atom. The first-order valence-electron chi connectivity index (χ1n) is 13.2. The average Bonchev–Trinajstić information content (AvgIpc) is 3.67. The number of hydrogen-bond acceptors (Lipinski definition) is 6. The molecule has 0 aliphatic carbocycles. The van der Waals surface area contributed by atoms with Crippen LogP contribution >= 0.6 is 34.3 Å². The smallest absolute Gasteiger partial charge is 0.423 e. The number of halogens is 1. The monoisotopic (exact) mass is 618 g/mol. The van der Waals surface area contributed by atoms with Gasteiger partial charge < -0.3 is 10.0 Å². The van der Waals surface area contributed by atoms with Crippen LogP contribution in [0.15, 0.2) is 134 Å². The Morgan fingerprint density at radius 3 is 1.67 bits per heavy atom. The summed E-state index contributed by atoms with van der Waals surface area (Å²) in [5, 5.41) is 25.3. The Balaban J connectivity index is 0.000000134. The molecule has 8 rings (SSSR count). The quantitative estimate of drug-likeness (QED) is 0.150. The van der Waals surface area contributed by atoms with Gasteiger partial charge in [-0.15, -0.1) is 22.7 Å². The van der Waals surface area contributed by atoms with Gasteiger partial charge in [-0.3, -0.25) is 4.98 Å². The number of rotatable bonds is 2. The van der Waals surface area contributed by atoms with Gasteiger partial charge in [0.1, 0.15) is 5.15 Å². The molecule has 4 aromatic carbocycles. The van der Waals surface area contributed by atoms with E-state index in [1.54, 1.807) is 23.6 Å². The van der Waals surface area contributed by atoms with Gasteiger partial charge in [0.05, 0.1) is 10.6 Å². The molecule has 8 heteroatoms. The van der Waals surface area contributed by atoms with Crippen molar-refractivity contribution in [3.05, 3.63) is 139 Å². The van der Waals surface area contributed by atoms with E-state index in [0.717, 1.165) is 26.6 Å². The molecule has 0 amide bonds. The van der Waals surface area contributed by atoms with Crippen LogP contribution in [0.4, 0.5) is 0 Å². The number of hydrogen-bond donors (Lipinski definition) is 2. The first kappa shape index (κ1) is 30.4. The van der Waals surface area contributed by atoms with Crippen LogP contribution in [0, 0.1) is 0 Å². The summed E-state index contributed by atoms with van der Waals surface area (Å²) in [5.74, 6) is 0. The highest BCUT2D eigenvalue weighted by Crippen LogP contribution is 2.35. The molecule has 4 nitrogen and oxygen atoms in total. The summed E-state index contributed by atoms with van der Waals surface area (Å²) < 4.78 is 2.99. The lowest BCUT2D eigenvalue weighted by Crippen LogP contribution is -2.26. The van der Waals surface area contributed by atoms with Gasteiger partial charge in [0, 0.05) is 37.3 Å². The standard InChI is InChI=1S/C17H11NS.C9H6ClN.C8H7BO2S.CH4/c1-3-7-14-12(5-1)9-10-18-17(14)16-11-13-6-2-4-8-15(13)19-16;10-9-8-4-2-1-3-7(8)5-6-11-9;10-9(11)8-5-6-3-1-2-4-7(6)12-8;/h1-11H;1-6H;1-5,10-11H;1H4. The molecule has 4 aromatic heterocycles. The second-order valence-electron chi connectivity index (χ2n) is 9.41. The van der Waals surface area contributed by atoms with Gasteiger partial charge in [0.15, 0.2) is 0 Å². The number of fused-ring (bicyclic) bond motifs is 4. The van der Waals surface area contributed by atoms with E-state index in [4.69, 9.17) is 21.6 Å². The fourth-order valence-electron chi connectivity index (χ4n) is 4.63.